The third-order valence-electron chi connectivity index (χ3n) is 3.68. The fourth-order valence-electron chi connectivity index (χ4n) is 2.36. The van der Waals surface area contributed by atoms with E-state index in [4.69, 9.17) is 5.26 Å². The van der Waals surface area contributed by atoms with Gasteiger partial charge in [-0.1, -0.05) is 18.2 Å². The van der Waals surface area contributed by atoms with Crippen LogP contribution in [0.15, 0.2) is 66.1 Å². The molecule has 1 atom stereocenters. The Labute approximate surface area is 145 Å². The fourth-order valence-corrected chi connectivity index (χ4v) is 3.64. The van der Waals surface area contributed by atoms with Gasteiger partial charge in [-0.3, -0.25) is 0 Å². The first-order valence-electron chi connectivity index (χ1n) is 7.47. The third kappa shape index (κ3) is 3.74. The second-order valence-electron chi connectivity index (χ2n) is 5.41. The normalized spacial score (nSPS) is 12.5. The van der Waals surface area contributed by atoms with Crippen molar-refractivity contribution in [1.82, 2.24) is 19.5 Å². The maximum absolute atomic E-state index is 12.5. The van der Waals surface area contributed by atoms with Gasteiger partial charge in [-0.2, -0.15) is 10.4 Å². The number of aromatic nitrogens is 3. The average molecular weight is 353 g/mol. The van der Waals surface area contributed by atoms with Crippen molar-refractivity contribution in [3.8, 4) is 11.8 Å². The summed E-state index contributed by atoms with van der Waals surface area (Å²) in [6.45, 7) is 1.76. The number of nitrogens with one attached hydrogen (secondary N) is 1. The molecule has 1 heterocycles. The van der Waals surface area contributed by atoms with Crippen LogP contribution in [0.3, 0.4) is 0 Å². The molecule has 3 aromatic rings. The summed E-state index contributed by atoms with van der Waals surface area (Å²) in [6.07, 6.45) is 3.03. The van der Waals surface area contributed by atoms with Crippen molar-refractivity contribution in [1.29, 1.82) is 5.26 Å². The number of hydrogen-bond acceptors (Lipinski definition) is 5. The van der Waals surface area contributed by atoms with Gasteiger partial charge < -0.3 is 0 Å². The van der Waals surface area contributed by atoms with Crippen LogP contribution in [0.1, 0.15) is 24.1 Å². The van der Waals surface area contributed by atoms with Crippen LogP contribution in [-0.2, 0) is 10.0 Å². The molecular formula is C17H15N5O2S. The summed E-state index contributed by atoms with van der Waals surface area (Å²) in [5.41, 5.74) is 1.94. The standard InChI is InChI=1S/C17H15N5O2S/c1-13(15-5-7-16(8-6-15)22-12-19-11-20-22)21-25(23,24)17-4-2-3-14(9-17)10-18/h2-9,11-13,21H,1H3/t13-/m0/s1. The Kier molecular flexibility index (Phi) is 4.61. The predicted octanol–water partition coefficient (Wildman–Crippen LogP) is 2.18. The minimum absolute atomic E-state index is 0.0673. The lowest BCUT2D eigenvalue weighted by Gasteiger charge is -2.15. The van der Waals surface area contributed by atoms with Gasteiger partial charge in [-0.05, 0) is 42.8 Å². The molecule has 0 bridgehead atoms. The lowest BCUT2D eigenvalue weighted by Crippen LogP contribution is -2.27. The van der Waals surface area contributed by atoms with E-state index in [-0.39, 0.29) is 4.90 Å². The van der Waals surface area contributed by atoms with Crippen LogP contribution in [0.2, 0.25) is 0 Å². The molecule has 0 aliphatic heterocycles. The van der Waals surface area contributed by atoms with E-state index in [1.165, 1.54) is 18.5 Å². The molecule has 0 aliphatic rings. The van der Waals surface area contributed by atoms with Crippen molar-refractivity contribution < 1.29 is 8.42 Å². The van der Waals surface area contributed by atoms with E-state index in [0.29, 0.717) is 5.56 Å². The lowest BCUT2D eigenvalue weighted by molar-refractivity contribution is 0.567. The third-order valence-corrected chi connectivity index (χ3v) is 5.22. The first-order valence-corrected chi connectivity index (χ1v) is 8.95. The smallest absolute Gasteiger partial charge is 0.223 e. The van der Waals surface area contributed by atoms with Crippen LogP contribution in [0.4, 0.5) is 0 Å². The number of nitrogens with zero attached hydrogens (tertiary/aromatic N) is 4. The highest BCUT2D eigenvalue weighted by molar-refractivity contribution is 7.89. The van der Waals surface area contributed by atoms with E-state index in [9.17, 15) is 8.42 Å². The van der Waals surface area contributed by atoms with Gasteiger partial charge in [-0.25, -0.2) is 22.8 Å². The van der Waals surface area contributed by atoms with E-state index in [2.05, 4.69) is 14.8 Å². The zero-order valence-corrected chi connectivity index (χ0v) is 14.2. The zero-order chi connectivity index (χ0) is 17.9. The first kappa shape index (κ1) is 16.8. The molecule has 1 aromatic heterocycles. The van der Waals surface area contributed by atoms with Gasteiger partial charge in [0, 0.05) is 6.04 Å². The Bertz CT molecular complexity index is 1010. The van der Waals surface area contributed by atoms with Crippen LogP contribution < -0.4 is 4.72 Å². The van der Waals surface area contributed by atoms with Crippen molar-refractivity contribution in [2.24, 2.45) is 0 Å². The molecule has 0 radical (unpaired) electrons. The van der Waals surface area contributed by atoms with E-state index in [1.807, 2.05) is 30.3 Å². The summed E-state index contributed by atoms with van der Waals surface area (Å²) in [4.78, 5) is 3.96. The van der Waals surface area contributed by atoms with Crippen molar-refractivity contribution in [3.63, 3.8) is 0 Å². The molecule has 0 saturated carbocycles. The van der Waals surface area contributed by atoms with Crippen molar-refractivity contribution >= 4 is 10.0 Å². The maximum atomic E-state index is 12.5. The molecule has 0 saturated heterocycles. The highest BCUT2D eigenvalue weighted by Gasteiger charge is 2.18. The summed E-state index contributed by atoms with van der Waals surface area (Å²) >= 11 is 0. The van der Waals surface area contributed by atoms with Gasteiger partial charge in [0.25, 0.3) is 0 Å². The van der Waals surface area contributed by atoms with Gasteiger partial charge in [-0.15, -0.1) is 0 Å². The Morgan fingerprint density at radius 1 is 1.20 bits per heavy atom. The van der Waals surface area contributed by atoms with Gasteiger partial charge in [0.2, 0.25) is 10.0 Å². The van der Waals surface area contributed by atoms with Gasteiger partial charge in [0.15, 0.2) is 0 Å². The molecule has 0 fully saturated rings. The summed E-state index contributed by atoms with van der Waals surface area (Å²) in [6, 6.07) is 14.8. The fraction of sp³-hybridized carbons (Fsp3) is 0.118. The minimum atomic E-state index is -3.72. The maximum Gasteiger partial charge on any atom is 0.241 e. The van der Waals surface area contributed by atoms with E-state index in [1.54, 1.807) is 30.1 Å². The first-order chi connectivity index (χ1) is 12.0. The highest BCUT2D eigenvalue weighted by atomic mass is 32.2. The molecule has 1 N–H and O–H groups in total. The Balaban J connectivity index is 1.79. The average Bonchev–Trinajstić information content (AvgIpc) is 3.16. The molecule has 2 aromatic carbocycles. The number of benzene rings is 2. The van der Waals surface area contributed by atoms with Crippen LogP contribution in [0.5, 0.6) is 0 Å². The van der Waals surface area contributed by atoms with Crippen molar-refractivity contribution in [2.75, 3.05) is 0 Å². The van der Waals surface area contributed by atoms with Crippen LogP contribution in [0, 0.1) is 11.3 Å². The second kappa shape index (κ2) is 6.84. The lowest BCUT2D eigenvalue weighted by atomic mass is 10.1. The van der Waals surface area contributed by atoms with Gasteiger partial charge >= 0.3 is 0 Å². The van der Waals surface area contributed by atoms with Crippen LogP contribution in [0.25, 0.3) is 5.69 Å². The quantitative estimate of drug-likeness (QED) is 0.757. The molecule has 0 aliphatic carbocycles. The SMILES string of the molecule is C[C@H](NS(=O)(=O)c1cccc(C#N)c1)c1ccc(-n2cncn2)cc1. The van der Waals surface area contributed by atoms with Gasteiger partial charge in [0.1, 0.15) is 12.7 Å². The molecular weight excluding hydrogens is 338 g/mol. The number of nitriles is 1. The zero-order valence-electron chi connectivity index (χ0n) is 13.4. The summed E-state index contributed by atoms with van der Waals surface area (Å²) in [5, 5.41) is 13.0. The molecule has 0 amide bonds. The largest absolute Gasteiger partial charge is 0.241 e. The summed E-state index contributed by atoms with van der Waals surface area (Å²) in [5.74, 6) is 0. The number of hydrogen-bond donors (Lipinski definition) is 1. The molecule has 8 heteroatoms. The number of sulfonamides is 1. The topological polar surface area (TPSA) is 101 Å². The Morgan fingerprint density at radius 2 is 1.96 bits per heavy atom. The molecule has 3 rings (SSSR count). The van der Waals surface area contributed by atoms with E-state index >= 15 is 0 Å². The van der Waals surface area contributed by atoms with E-state index in [0.717, 1.165) is 11.3 Å². The summed E-state index contributed by atoms with van der Waals surface area (Å²) in [7, 11) is -3.72. The number of rotatable bonds is 5. The second-order valence-corrected chi connectivity index (χ2v) is 7.13. The predicted molar refractivity (Wildman–Crippen MR) is 91.3 cm³/mol. The molecule has 0 unspecified atom stereocenters. The van der Waals surface area contributed by atoms with Crippen molar-refractivity contribution in [3.05, 3.63) is 72.3 Å². The Hall–Kier alpha value is -3.02. The summed E-state index contributed by atoms with van der Waals surface area (Å²) < 4.78 is 29.2. The van der Waals surface area contributed by atoms with Crippen LogP contribution >= 0.6 is 0 Å². The van der Waals surface area contributed by atoms with Gasteiger partial charge in [0.05, 0.1) is 22.2 Å². The Morgan fingerprint density at radius 3 is 2.60 bits per heavy atom. The molecule has 7 nitrogen and oxygen atoms in total. The highest BCUT2D eigenvalue weighted by Crippen LogP contribution is 2.19. The monoisotopic (exact) mass is 353 g/mol. The van der Waals surface area contributed by atoms with Crippen LogP contribution in [-0.4, -0.2) is 23.2 Å². The molecule has 25 heavy (non-hydrogen) atoms. The van der Waals surface area contributed by atoms with Crippen molar-refractivity contribution in [2.45, 2.75) is 17.9 Å². The van der Waals surface area contributed by atoms with E-state index < -0.39 is 16.1 Å². The molecule has 0 spiro atoms. The molecule has 126 valence electrons. The minimum Gasteiger partial charge on any atom is -0.223 e.